The molecule has 154 valence electrons. The Bertz CT molecular complexity index is 767. The molecule has 1 aliphatic rings. The van der Waals surface area contributed by atoms with Crippen LogP contribution in [0.3, 0.4) is 0 Å². The van der Waals surface area contributed by atoms with Gasteiger partial charge in [-0.1, -0.05) is 0 Å². The zero-order valence-corrected chi connectivity index (χ0v) is 16.9. The molecular weight excluding hydrogens is 366 g/mol. The van der Waals surface area contributed by atoms with Crippen molar-refractivity contribution in [2.45, 2.75) is 51.6 Å². The van der Waals surface area contributed by atoms with E-state index in [1.807, 2.05) is 0 Å². The van der Waals surface area contributed by atoms with Gasteiger partial charge in [-0.3, -0.25) is 14.4 Å². The minimum atomic E-state index is -1.13. The van der Waals surface area contributed by atoms with Crippen molar-refractivity contribution in [3.8, 4) is 11.5 Å². The van der Waals surface area contributed by atoms with Crippen LogP contribution in [0.5, 0.6) is 11.5 Å². The zero-order chi connectivity index (χ0) is 21.1. The highest BCUT2D eigenvalue weighted by atomic mass is 16.6. The maximum Gasteiger partial charge on any atom is 0.323 e. The summed E-state index contributed by atoms with van der Waals surface area (Å²) >= 11 is 0. The smallest absolute Gasteiger partial charge is 0.323 e. The standard InChI is InChI=1S/C20H27NO7/c1-20(2,3)28-19(25)8-12-6-7-17(22)21(11-18(23)24)14-10-16(27-5)15(26-4)9-13(12)14/h9-10,12H,6-8,11H2,1-5H3,(H,23,24). The number of amides is 1. The quantitative estimate of drug-likeness (QED) is 0.741. The van der Waals surface area contributed by atoms with Crippen molar-refractivity contribution in [2.24, 2.45) is 0 Å². The van der Waals surface area contributed by atoms with Crippen LogP contribution in [-0.4, -0.2) is 49.3 Å². The van der Waals surface area contributed by atoms with Crippen molar-refractivity contribution in [2.75, 3.05) is 25.7 Å². The summed E-state index contributed by atoms with van der Waals surface area (Å²) in [7, 11) is 2.95. The highest BCUT2D eigenvalue weighted by Crippen LogP contribution is 2.43. The molecule has 0 bridgehead atoms. The molecule has 1 N–H and O–H groups in total. The first-order chi connectivity index (χ1) is 13.1. The molecule has 8 nitrogen and oxygen atoms in total. The van der Waals surface area contributed by atoms with Crippen LogP contribution in [0.25, 0.3) is 0 Å². The lowest BCUT2D eigenvalue weighted by Crippen LogP contribution is -2.35. The number of fused-ring (bicyclic) bond motifs is 1. The van der Waals surface area contributed by atoms with Gasteiger partial charge in [0, 0.05) is 12.5 Å². The van der Waals surface area contributed by atoms with E-state index in [2.05, 4.69) is 0 Å². The van der Waals surface area contributed by atoms with Gasteiger partial charge in [0.2, 0.25) is 5.91 Å². The molecule has 1 atom stereocenters. The molecule has 0 saturated carbocycles. The second-order valence-corrected chi connectivity index (χ2v) is 7.67. The number of esters is 1. The molecule has 2 rings (SSSR count). The van der Waals surface area contributed by atoms with Crippen LogP contribution < -0.4 is 14.4 Å². The normalized spacial score (nSPS) is 16.8. The summed E-state index contributed by atoms with van der Waals surface area (Å²) in [6, 6.07) is 3.29. The molecule has 1 amide bonds. The van der Waals surface area contributed by atoms with E-state index in [1.54, 1.807) is 32.9 Å². The third-order valence-electron chi connectivity index (χ3n) is 4.40. The molecule has 28 heavy (non-hydrogen) atoms. The Morgan fingerprint density at radius 1 is 1.18 bits per heavy atom. The van der Waals surface area contributed by atoms with E-state index < -0.39 is 18.1 Å². The number of nitrogens with zero attached hydrogens (tertiary/aromatic N) is 1. The third kappa shape index (κ3) is 5.15. The summed E-state index contributed by atoms with van der Waals surface area (Å²) in [5.41, 5.74) is 0.458. The largest absolute Gasteiger partial charge is 0.493 e. The number of hydrogen-bond acceptors (Lipinski definition) is 6. The summed E-state index contributed by atoms with van der Waals surface area (Å²) in [5.74, 6) is -1.31. The molecule has 0 aromatic heterocycles. The summed E-state index contributed by atoms with van der Waals surface area (Å²) < 4.78 is 16.1. The summed E-state index contributed by atoms with van der Waals surface area (Å²) in [6.45, 7) is 4.90. The fourth-order valence-corrected chi connectivity index (χ4v) is 3.27. The molecule has 0 radical (unpaired) electrons. The van der Waals surface area contributed by atoms with E-state index in [4.69, 9.17) is 14.2 Å². The average Bonchev–Trinajstić information content (AvgIpc) is 2.70. The van der Waals surface area contributed by atoms with E-state index in [1.165, 1.54) is 19.1 Å². The van der Waals surface area contributed by atoms with Crippen molar-refractivity contribution >= 4 is 23.5 Å². The lowest BCUT2D eigenvalue weighted by molar-refractivity contribution is -0.155. The van der Waals surface area contributed by atoms with Gasteiger partial charge in [0.25, 0.3) is 0 Å². The minimum absolute atomic E-state index is 0.0773. The van der Waals surface area contributed by atoms with Gasteiger partial charge in [-0.2, -0.15) is 0 Å². The van der Waals surface area contributed by atoms with E-state index in [0.29, 0.717) is 29.2 Å². The van der Waals surface area contributed by atoms with E-state index >= 15 is 0 Å². The van der Waals surface area contributed by atoms with Gasteiger partial charge in [-0.05, 0) is 44.7 Å². The van der Waals surface area contributed by atoms with Gasteiger partial charge in [-0.25, -0.2) is 0 Å². The van der Waals surface area contributed by atoms with Crippen molar-refractivity contribution in [3.05, 3.63) is 17.7 Å². The predicted molar refractivity (Wildman–Crippen MR) is 102 cm³/mol. The number of carboxylic acids is 1. The Morgan fingerprint density at radius 2 is 1.79 bits per heavy atom. The van der Waals surface area contributed by atoms with Crippen molar-refractivity contribution in [1.29, 1.82) is 0 Å². The Hall–Kier alpha value is -2.77. The van der Waals surface area contributed by atoms with Gasteiger partial charge in [-0.15, -0.1) is 0 Å². The number of rotatable bonds is 6. The van der Waals surface area contributed by atoms with Crippen molar-refractivity contribution in [1.82, 2.24) is 0 Å². The second kappa shape index (κ2) is 8.50. The number of carbonyl (C=O) groups excluding carboxylic acids is 2. The summed E-state index contributed by atoms with van der Waals surface area (Å²) in [4.78, 5) is 37.5. The van der Waals surface area contributed by atoms with Gasteiger partial charge < -0.3 is 24.2 Å². The second-order valence-electron chi connectivity index (χ2n) is 7.67. The maximum atomic E-state index is 12.6. The average molecular weight is 393 g/mol. The van der Waals surface area contributed by atoms with E-state index in [9.17, 15) is 19.5 Å². The number of ether oxygens (including phenoxy) is 3. The predicted octanol–water partition coefficient (Wildman–Crippen LogP) is 2.73. The lowest BCUT2D eigenvalue weighted by atomic mass is 9.90. The SMILES string of the molecule is COc1cc2c(cc1OC)N(CC(=O)O)C(=O)CCC2CC(=O)OC(C)(C)C. The van der Waals surface area contributed by atoms with Crippen LogP contribution >= 0.6 is 0 Å². The van der Waals surface area contributed by atoms with Crippen LogP contribution in [0.1, 0.15) is 51.5 Å². The molecular formula is C20H27NO7. The monoisotopic (exact) mass is 393 g/mol. The molecule has 1 aromatic carbocycles. The first-order valence-corrected chi connectivity index (χ1v) is 9.05. The van der Waals surface area contributed by atoms with Crippen molar-refractivity contribution < 1.29 is 33.7 Å². The number of methoxy groups -OCH3 is 2. The molecule has 0 spiro atoms. The summed E-state index contributed by atoms with van der Waals surface area (Å²) in [5, 5.41) is 9.24. The molecule has 1 heterocycles. The highest BCUT2D eigenvalue weighted by Gasteiger charge is 2.33. The molecule has 1 unspecified atom stereocenters. The number of aliphatic carboxylic acids is 1. The molecule has 1 aromatic rings. The fourth-order valence-electron chi connectivity index (χ4n) is 3.27. The summed E-state index contributed by atoms with van der Waals surface area (Å²) in [6.07, 6.45) is 0.602. The molecule has 0 fully saturated rings. The van der Waals surface area contributed by atoms with Crippen molar-refractivity contribution in [3.63, 3.8) is 0 Å². The van der Waals surface area contributed by atoms with Gasteiger partial charge in [0.15, 0.2) is 11.5 Å². The van der Waals surface area contributed by atoms with Crippen LogP contribution in [0, 0.1) is 0 Å². The van der Waals surface area contributed by atoms with E-state index in [-0.39, 0.29) is 30.6 Å². The molecule has 1 aliphatic heterocycles. The van der Waals surface area contributed by atoms with Crippen LogP contribution in [0.2, 0.25) is 0 Å². The van der Waals surface area contributed by atoms with Crippen LogP contribution in [0.4, 0.5) is 5.69 Å². The molecule has 0 saturated heterocycles. The Morgan fingerprint density at radius 3 is 2.32 bits per heavy atom. The highest BCUT2D eigenvalue weighted by molar-refractivity contribution is 5.99. The Labute approximate surface area is 164 Å². The zero-order valence-electron chi connectivity index (χ0n) is 16.9. The Balaban J connectivity index is 2.51. The molecule has 0 aliphatic carbocycles. The number of anilines is 1. The third-order valence-corrected chi connectivity index (χ3v) is 4.40. The first-order valence-electron chi connectivity index (χ1n) is 9.05. The lowest BCUT2D eigenvalue weighted by Gasteiger charge is -2.25. The van der Waals surface area contributed by atoms with Gasteiger partial charge in [0.05, 0.1) is 26.3 Å². The van der Waals surface area contributed by atoms with Crippen LogP contribution in [-0.2, 0) is 19.1 Å². The topological polar surface area (TPSA) is 102 Å². The maximum absolute atomic E-state index is 12.6. The van der Waals surface area contributed by atoms with Gasteiger partial charge in [0.1, 0.15) is 12.1 Å². The number of benzene rings is 1. The van der Waals surface area contributed by atoms with E-state index in [0.717, 1.165) is 0 Å². The number of hydrogen-bond donors (Lipinski definition) is 1. The molecule has 8 heteroatoms. The Kier molecular flexibility index (Phi) is 6.53. The number of carboxylic acid groups (broad SMARTS) is 1. The van der Waals surface area contributed by atoms with Crippen LogP contribution in [0.15, 0.2) is 12.1 Å². The first kappa shape index (κ1) is 21.5. The minimum Gasteiger partial charge on any atom is -0.493 e. The van der Waals surface area contributed by atoms with Gasteiger partial charge >= 0.3 is 11.9 Å². The number of carbonyl (C=O) groups is 3. The fraction of sp³-hybridized carbons (Fsp3) is 0.550.